The minimum Gasteiger partial charge on any atom is -0.489 e. The number of halogens is 1. The minimum atomic E-state index is -0.356. The largest absolute Gasteiger partial charge is 0.489 e. The Morgan fingerprint density at radius 2 is 2.00 bits per heavy atom. The Morgan fingerprint density at radius 1 is 1.19 bits per heavy atom. The van der Waals surface area contributed by atoms with E-state index in [1.165, 1.54) is 12.3 Å². The Labute approximate surface area is 126 Å². The van der Waals surface area contributed by atoms with E-state index in [2.05, 4.69) is 9.97 Å². The lowest BCUT2D eigenvalue weighted by molar-refractivity contribution is 0.305. The summed E-state index contributed by atoms with van der Waals surface area (Å²) in [5, 5.41) is 3.08. The maximum Gasteiger partial charge on any atom is 0.141 e. The number of thiazole rings is 1. The SMILES string of the molecule is Cc1nc(-c2ccc(OCc3cncc(F)c3)cc2)cs1. The van der Waals surface area contributed by atoms with Gasteiger partial charge in [-0.1, -0.05) is 0 Å². The lowest BCUT2D eigenvalue weighted by Crippen LogP contribution is -1.96. The minimum absolute atomic E-state index is 0.292. The molecule has 2 heterocycles. The lowest BCUT2D eigenvalue weighted by atomic mass is 10.2. The van der Waals surface area contributed by atoms with Gasteiger partial charge < -0.3 is 4.74 Å². The van der Waals surface area contributed by atoms with E-state index < -0.39 is 0 Å². The molecule has 0 saturated carbocycles. The summed E-state index contributed by atoms with van der Waals surface area (Å²) >= 11 is 1.63. The molecule has 21 heavy (non-hydrogen) atoms. The predicted molar refractivity (Wildman–Crippen MR) is 80.8 cm³/mol. The first-order chi connectivity index (χ1) is 10.2. The zero-order valence-electron chi connectivity index (χ0n) is 11.4. The molecule has 0 amide bonds. The van der Waals surface area contributed by atoms with E-state index in [1.54, 1.807) is 17.5 Å². The van der Waals surface area contributed by atoms with Crippen molar-refractivity contribution in [3.63, 3.8) is 0 Å². The molecular formula is C16H13FN2OS. The van der Waals surface area contributed by atoms with Gasteiger partial charge in [0.15, 0.2) is 0 Å². The van der Waals surface area contributed by atoms with Crippen molar-refractivity contribution in [2.24, 2.45) is 0 Å². The Morgan fingerprint density at radius 3 is 2.67 bits per heavy atom. The summed E-state index contributed by atoms with van der Waals surface area (Å²) in [7, 11) is 0. The van der Waals surface area contributed by atoms with Gasteiger partial charge in [0.25, 0.3) is 0 Å². The van der Waals surface area contributed by atoms with Crippen LogP contribution in [0.4, 0.5) is 4.39 Å². The summed E-state index contributed by atoms with van der Waals surface area (Å²) in [6, 6.07) is 9.12. The quantitative estimate of drug-likeness (QED) is 0.723. The van der Waals surface area contributed by atoms with E-state index in [0.717, 1.165) is 22.0 Å². The van der Waals surface area contributed by atoms with Crippen LogP contribution in [-0.2, 0) is 6.61 Å². The van der Waals surface area contributed by atoms with Crippen LogP contribution in [0, 0.1) is 12.7 Å². The second-order valence-corrected chi connectivity index (χ2v) is 5.64. The number of pyridine rings is 1. The molecule has 0 aliphatic carbocycles. The third kappa shape index (κ3) is 3.44. The molecule has 0 aliphatic rings. The zero-order chi connectivity index (χ0) is 14.7. The van der Waals surface area contributed by atoms with Gasteiger partial charge in [0.05, 0.1) is 16.9 Å². The number of hydrogen-bond donors (Lipinski definition) is 0. The monoisotopic (exact) mass is 300 g/mol. The average Bonchev–Trinajstić information content (AvgIpc) is 2.92. The van der Waals surface area contributed by atoms with Gasteiger partial charge in [-0.3, -0.25) is 4.98 Å². The summed E-state index contributed by atoms with van der Waals surface area (Å²) in [6.45, 7) is 2.28. The zero-order valence-corrected chi connectivity index (χ0v) is 12.2. The van der Waals surface area contributed by atoms with Crippen molar-refractivity contribution in [1.29, 1.82) is 0 Å². The van der Waals surface area contributed by atoms with Crippen LogP contribution in [0.2, 0.25) is 0 Å². The number of ether oxygens (including phenoxy) is 1. The van der Waals surface area contributed by atoms with Gasteiger partial charge in [-0.15, -0.1) is 11.3 Å². The molecule has 106 valence electrons. The molecule has 3 aromatic rings. The standard InChI is InChI=1S/C16H13FN2OS/c1-11-19-16(10-21-11)13-2-4-15(5-3-13)20-9-12-6-14(17)8-18-7-12/h2-8,10H,9H2,1H3. The number of benzene rings is 1. The highest BCUT2D eigenvalue weighted by molar-refractivity contribution is 7.09. The molecular weight excluding hydrogens is 287 g/mol. The van der Waals surface area contributed by atoms with Gasteiger partial charge in [-0.2, -0.15) is 0 Å². The molecule has 3 rings (SSSR count). The topological polar surface area (TPSA) is 35.0 Å². The highest BCUT2D eigenvalue weighted by Crippen LogP contribution is 2.24. The smallest absolute Gasteiger partial charge is 0.141 e. The predicted octanol–water partition coefficient (Wildman–Crippen LogP) is 4.23. The Kier molecular flexibility index (Phi) is 3.92. The molecule has 0 unspecified atom stereocenters. The number of aromatic nitrogens is 2. The van der Waals surface area contributed by atoms with Gasteiger partial charge in [0, 0.05) is 22.7 Å². The molecule has 0 atom stereocenters. The molecule has 3 nitrogen and oxygen atoms in total. The summed E-state index contributed by atoms with van der Waals surface area (Å²) in [6.07, 6.45) is 2.77. The summed E-state index contributed by atoms with van der Waals surface area (Å²) in [4.78, 5) is 8.23. The van der Waals surface area contributed by atoms with E-state index in [9.17, 15) is 4.39 Å². The van der Waals surface area contributed by atoms with Crippen molar-refractivity contribution < 1.29 is 9.13 Å². The van der Waals surface area contributed by atoms with Crippen molar-refractivity contribution in [2.45, 2.75) is 13.5 Å². The van der Waals surface area contributed by atoms with E-state index >= 15 is 0 Å². The number of aryl methyl sites for hydroxylation is 1. The molecule has 0 fully saturated rings. The van der Waals surface area contributed by atoms with E-state index in [4.69, 9.17) is 4.74 Å². The van der Waals surface area contributed by atoms with Gasteiger partial charge in [0.1, 0.15) is 18.2 Å². The van der Waals surface area contributed by atoms with Crippen LogP contribution in [0.15, 0.2) is 48.1 Å². The molecule has 1 aromatic carbocycles. The van der Waals surface area contributed by atoms with Gasteiger partial charge >= 0.3 is 0 Å². The van der Waals surface area contributed by atoms with Crippen LogP contribution in [0.1, 0.15) is 10.6 Å². The molecule has 0 radical (unpaired) electrons. The van der Waals surface area contributed by atoms with Crippen molar-refractivity contribution >= 4 is 11.3 Å². The van der Waals surface area contributed by atoms with Crippen LogP contribution >= 0.6 is 11.3 Å². The number of nitrogens with zero attached hydrogens (tertiary/aromatic N) is 2. The Balaban J connectivity index is 1.67. The second-order valence-electron chi connectivity index (χ2n) is 4.58. The van der Waals surface area contributed by atoms with Crippen molar-refractivity contribution in [3.05, 3.63) is 64.5 Å². The van der Waals surface area contributed by atoms with Gasteiger partial charge in [-0.05, 0) is 37.3 Å². The maximum absolute atomic E-state index is 13.0. The van der Waals surface area contributed by atoms with E-state index in [-0.39, 0.29) is 5.82 Å². The van der Waals surface area contributed by atoms with Crippen LogP contribution < -0.4 is 4.74 Å². The number of hydrogen-bond acceptors (Lipinski definition) is 4. The molecule has 0 spiro atoms. The highest BCUT2D eigenvalue weighted by atomic mass is 32.1. The van der Waals surface area contributed by atoms with Gasteiger partial charge in [0.2, 0.25) is 0 Å². The number of rotatable bonds is 4. The first-order valence-electron chi connectivity index (χ1n) is 6.45. The fourth-order valence-corrected chi connectivity index (χ4v) is 2.54. The molecule has 0 aliphatic heterocycles. The van der Waals surface area contributed by atoms with E-state index in [1.807, 2.05) is 36.6 Å². The summed E-state index contributed by atoms with van der Waals surface area (Å²) < 4.78 is 18.6. The molecule has 2 aromatic heterocycles. The van der Waals surface area contributed by atoms with Crippen molar-refractivity contribution in [1.82, 2.24) is 9.97 Å². The summed E-state index contributed by atoms with van der Waals surface area (Å²) in [5.74, 6) is 0.375. The fourth-order valence-electron chi connectivity index (χ4n) is 1.92. The fraction of sp³-hybridized carbons (Fsp3) is 0.125. The van der Waals surface area contributed by atoms with Crippen molar-refractivity contribution in [2.75, 3.05) is 0 Å². The molecule has 0 saturated heterocycles. The summed E-state index contributed by atoms with van der Waals surface area (Å²) in [5.41, 5.74) is 2.73. The highest BCUT2D eigenvalue weighted by Gasteiger charge is 2.03. The second kappa shape index (κ2) is 6.01. The van der Waals surface area contributed by atoms with Crippen LogP contribution in [0.25, 0.3) is 11.3 Å². The third-order valence-corrected chi connectivity index (χ3v) is 3.71. The molecule has 0 N–H and O–H groups in total. The van der Waals surface area contributed by atoms with Crippen LogP contribution in [0.5, 0.6) is 5.75 Å². The van der Waals surface area contributed by atoms with E-state index in [0.29, 0.717) is 12.2 Å². The first-order valence-corrected chi connectivity index (χ1v) is 7.33. The first kappa shape index (κ1) is 13.7. The van der Waals surface area contributed by atoms with Gasteiger partial charge in [-0.25, -0.2) is 9.37 Å². The Hall–Kier alpha value is -2.27. The molecule has 5 heteroatoms. The maximum atomic E-state index is 13.0. The van der Waals surface area contributed by atoms with Crippen molar-refractivity contribution in [3.8, 4) is 17.0 Å². The Bertz CT molecular complexity index is 740. The normalized spacial score (nSPS) is 10.6. The average molecular weight is 300 g/mol. The lowest BCUT2D eigenvalue weighted by Gasteiger charge is -2.06. The van der Waals surface area contributed by atoms with Crippen LogP contribution in [-0.4, -0.2) is 9.97 Å². The third-order valence-electron chi connectivity index (χ3n) is 2.94. The molecule has 0 bridgehead atoms. The van der Waals surface area contributed by atoms with Crippen LogP contribution in [0.3, 0.4) is 0 Å².